The lowest BCUT2D eigenvalue weighted by molar-refractivity contribution is 0.102. The molecule has 3 heterocycles. The lowest BCUT2D eigenvalue weighted by atomic mass is 10.2. The fourth-order valence-electron chi connectivity index (χ4n) is 3.15. The molecule has 1 amide bonds. The first-order valence-corrected chi connectivity index (χ1v) is 11.4. The smallest absolute Gasteiger partial charge is 0.257 e. The average molecular weight is 483 g/mol. The molecule has 4 rings (SSSR count). The van der Waals surface area contributed by atoms with Gasteiger partial charge in [-0.2, -0.15) is 5.10 Å². The maximum atomic E-state index is 12.6. The molecule has 0 unspecified atom stereocenters. The molecule has 33 heavy (non-hydrogen) atoms. The predicted molar refractivity (Wildman–Crippen MR) is 127 cm³/mol. The zero-order valence-corrected chi connectivity index (χ0v) is 19.8. The van der Waals surface area contributed by atoms with Gasteiger partial charge in [-0.3, -0.25) is 19.8 Å². The number of aromatic nitrogens is 5. The summed E-state index contributed by atoms with van der Waals surface area (Å²) in [4.78, 5) is 17.1. The number of carbonyl (C=O) groups is 1. The Labute approximate surface area is 199 Å². The number of thiazole rings is 1. The van der Waals surface area contributed by atoms with Crippen LogP contribution in [0.1, 0.15) is 38.9 Å². The number of nitrogens with one attached hydrogen (secondary N) is 2. The van der Waals surface area contributed by atoms with Gasteiger partial charge in [-0.25, -0.2) is 4.98 Å². The third-order valence-electron chi connectivity index (χ3n) is 4.94. The van der Waals surface area contributed by atoms with Gasteiger partial charge in [0.05, 0.1) is 23.4 Å². The summed E-state index contributed by atoms with van der Waals surface area (Å²) < 4.78 is 13.3. The van der Waals surface area contributed by atoms with E-state index in [1.807, 2.05) is 23.8 Å². The largest absolute Gasteiger partial charge is 0.489 e. The molecule has 3 aromatic heterocycles. The number of amides is 1. The van der Waals surface area contributed by atoms with Crippen LogP contribution >= 0.6 is 23.6 Å². The minimum Gasteiger partial charge on any atom is -0.489 e. The summed E-state index contributed by atoms with van der Waals surface area (Å²) in [5.74, 6) is 1.90. The number of benzene rings is 1. The van der Waals surface area contributed by atoms with Gasteiger partial charge in [-0.15, -0.1) is 17.9 Å². The van der Waals surface area contributed by atoms with Crippen molar-refractivity contribution in [1.29, 1.82) is 0 Å². The van der Waals surface area contributed by atoms with Gasteiger partial charge < -0.3 is 9.26 Å². The van der Waals surface area contributed by atoms with E-state index in [0.717, 1.165) is 28.5 Å². The standard InChI is InChI=1S/C22H22N6O3S2/c1-4-9-28-19(25-26-22(28)32)10-16-12-33-21(23-16)24-20(29)15-5-7-17(8-6-15)30-11-18-13(2)27-31-14(18)3/h4-8,12H,1,9-11H2,2-3H3,(H,26,32)(H,23,24,29). The summed E-state index contributed by atoms with van der Waals surface area (Å²) >= 11 is 6.59. The molecule has 0 aliphatic heterocycles. The number of rotatable bonds is 9. The van der Waals surface area contributed by atoms with Gasteiger partial charge in [0.25, 0.3) is 5.91 Å². The highest BCUT2D eigenvalue weighted by atomic mass is 32.1. The van der Waals surface area contributed by atoms with Crippen molar-refractivity contribution in [2.24, 2.45) is 0 Å². The molecule has 0 saturated heterocycles. The van der Waals surface area contributed by atoms with E-state index < -0.39 is 0 Å². The Morgan fingerprint density at radius 3 is 2.85 bits per heavy atom. The van der Waals surface area contributed by atoms with Crippen LogP contribution in [0.3, 0.4) is 0 Å². The maximum absolute atomic E-state index is 12.6. The first-order chi connectivity index (χ1) is 15.9. The molecule has 0 aliphatic rings. The summed E-state index contributed by atoms with van der Waals surface area (Å²) in [6, 6.07) is 6.92. The molecule has 0 spiro atoms. The molecule has 4 aromatic rings. The van der Waals surface area contributed by atoms with Crippen LogP contribution in [0.2, 0.25) is 0 Å². The zero-order chi connectivity index (χ0) is 23.4. The quantitative estimate of drug-likeness (QED) is 0.265. The molecule has 0 fully saturated rings. The molecule has 9 nitrogen and oxygen atoms in total. The first-order valence-electron chi connectivity index (χ1n) is 10.1. The van der Waals surface area contributed by atoms with Gasteiger partial charge in [-0.1, -0.05) is 11.2 Å². The molecular formula is C22H22N6O3S2. The summed E-state index contributed by atoms with van der Waals surface area (Å²) in [6.07, 6.45) is 2.25. The van der Waals surface area contributed by atoms with Crippen molar-refractivity contribution in [3.63, 3.8) is 0 Å². The van der Waals surface area contributed by atoms with Crippen molar-refractivity contribution < 1.29 is 14.1 Å². The molecule has 0 aliphatic carbocycles. The Bertz CT molecular complexity index is 1310. The minimum absolute atomic E-state index is 0.248. The van der Waals surface area contributed by atoms with Crippen LogP contribution in [0.25, 0.3) is 0 Å². The summed E-state index contributed by atoms with van der Waals surface area (Å²) in [5, 5.41) is 16.2. The van der Waals surface area contributed by atoms with Crippen molar-refractivity contribution in [3.05, 3.63) is 81.2 Å². The Hall–Kier alpha value is -3.57. The Kier molecular flexibility index (Phi) is 6.80. The second-order valence-electron chi connectivity index (χ2n) is 7.23. The average Bonchev–Trinajstić information content (AvgIpc) is 3.48. The van der Waals surface area contributed by atoms with Gasteiger partial charge in [0.1, 0.15) is 23.9 Å². The third-order valence-corrected chi connectivity index (χ3v) is 6.06. The molecule has 1 aromatic carbocycles. The Morgan fingerprint density at radius 1 is 1.36 bits per heavy atom. The monoisotopic (exact) mass is 482 g/mol. The Morgan fingerprint density at radius 2 is 2.15 bits per heavy atom. The van der Waals surface area contributed by atoms with Crippen LogP contribution in [-0.4, -0.2) is 30.8 Å². The number of hydrogen-bond acceptors (Lipinski definition) is 8. The number of anilines is 1. The van der Waals surface area contributed by atoms with Crippen molar-refractivity contribution in [2.75, 3.05) is 5.32 Å². The van der Waals surface area contributed by atoms with Crippen LogP contribution in [0.5, 0.6) is 5.75 Å². The zero-order valence-electron chi connectivity index (χ0n) is 18.1. The number of ether oxygens (including phenoxy) is 1. The number of H-pyrrole nitrogens is 1. The van der Waals surface area contributed by atoms with E-state index in [0.29, 0.717) is 40.8 Å². The second-order valence-corrected chi connectivity index (χ2v) is 8.48. The number of nitrogens with zero attached hydrogens (tertiary/aromatic N) is 4. The van der Waals surface area contributed by atoms with Gasteiger partial charge in [0.15, 0.2) is 9.90 Å². The first kappa shape index (κ1) is 22.6. The lowest BCUT2D eigenvalue weighted by Crippen LogP contribution is -2.11. The summed E-state index contributed by atoms with van der Waals surface area (Å²) in [5.41, 5.74) is 3.02. The molecule has 2 N–H and O–H groups in total. The van der Waals surface area contributed by atoms with Crippen LogP contribution < -0.4 is 10.1 Å². The SMILES string of the molecule is C=CCn1c(Cc2csc(NC(=O)c3ccc(OCc4c(C)noc4C)cc3)n2)n[nH]c1=S. The minimum atomic E-state index is -0.248. The molecular weight excluding hydrogens is 460 g/mol. The highest BCUT2D eigenvalue weighted by molar-refractivity contribution is 7.71. The second kappa shape index (κ2) is 9.92. The van der Waals surface area contributed by atoms with Crippen LogP contribution in [0.15, 0.2) is 46.8 Å². The van der Waals surface area contributed by atoms with E-state index in [1.54, 1.807) is 30.3 Å². The number of carbonyl (C=O) groups excluding carboxylic acids is 1. The summed E-state index contributed by atoms with van der Waals surface area (Å²) in [7, 11) is 0. The number of aromatic amines is 1. The normalized spacial score (nSPS) is 10.8. The van der Waals surface area contributed by atoms with Crippen molar-refractivity contribution in [1.82, 2.24) is 24.9 Å². The topological polar surface area (TPSA) is 111 Å². The molecule has 0 radical (unpaired) electrons. The van der Waals surface area contributed by atoms with Crippen molar-refractivity contribution >= 4 is 34.6 Å². The molecule has 0 atom stereocenters. The van der Waals surface area contributed by atoms with E-state index >= 15 is 0 Å². The van der Waals surface area contributed by atoms with Gasteiger partial charge >= 0.3 is 0 Å². The van der Waals surface area contributed by atoms with Crippen molar-refractivity contribution in [3.8, 4) is 5.75 Å². The van der Waals surface area contributed by atoms with Gasteiger partial charge in [-0.05, 0) is 50.3 Å². The van der Waals surface area contributed by atoms with Crippen molar-refractivity contribution in [2.45, 2.75) is 33.4 Å². The molecule has 170 valence electrons. The number of allylic oxidation sites excluding steroid dienone is 1. The van der Waals surface area contributed by atoms with Crippen LogP contribution in [-0.2, 0) is 19.6 Å². The van der Waals surface area contributed by atoms with E-state index in [4.69, 9.17) is 21.5 Å². The third kappa shape index (κ3) is 5.26. The van der Waals surface area contributed by atoms with Gasteiger partial charge in [0, 0.05) is 17.5 Å². The van der Waals surface area contributed by atoms with E-state index in [2.05, 4.69) is 32.2 Å². The van der Waals surface area contributed by atoms with Gasteiger partial charge in [0.2, 0.25) is 0 Å². The Balaban J connectivity index is 1.35. The highest BCUT2D eigenvalue weighted by Crippen LogP contribution is 2.21. The highest BCUT2D eigenvalue weighted by Gasteiger charge is 2.13. The molecule has 0 saturated carbocycles. The van der Waals surface area contributed by atoms with E-state index in [1.165, 1.54) is 11.3 Å². The summed E-state index contributed by atoms with van der Waals surface area (Å²) in [6.45, 7) is 8.38. The molecule has 11 heteroatoms. The number of aryl methyl sites for hydroxylation is 2. The molecule has 0 bridgehead atoms. The fourth-order valence-corrected chi connectivity index (χ4v) is 4.08. The van der Waals surface area contributed by atoms with E-state index in [-0.39, 0.29) is 5.91 Å². The number of hydrogen-bond donors (Lipinski definition) is 2. The lowest BCUT2D eigenvalue weighted by Gasteiger charge is -2.07. The fraction of sp³-hybridized carbons (Fsp3) is 0.227. The maximum Gasteiger partial charge on any atom is 0.257 e. The van der Waals surface area contributed by atoms with E-state index in [9.17, 15) is 4.79 Å². The van der Waals surface area contributed by atoms with Crippen LogP contribution in [0.4, 0.5) is 5.13 Å². The van der Waals surface area contributed by atoms with Crippen LogP contribution in [0, 0.1) is 18.6 Å². The predicted octanol–water partition coefficient (Wildman–Crippen LogP) is 4.61.